The maximum Gasteiger partial charge on any atom is 0.242 e. The number of anilines is 1. The van der Waals surface area contributed by atoms with Gasteiger partial charge in [0.25, 0.3) is 0 Å². The molecule has 6 heteroatoms. The van der Waals surface area contributed by atoms with E-state index >= 15 is 0 Å². The maximum absolute atomic E-state index is 5.86. The van der Waals surface area contributed by atoms with E-state index in [1.807, 2.05) is 12.1 Å². The van der Waals surface area contributed by atoms with E-state index in [-0.39, 0.29) is 16.7 Å². The fourth-order valence-electron chi connectivity index (χ4n) is 1.25. The predicted molar refractivity (Wildman–Crippen MR) is 67.2 cm³/mol. The molecule has 1 heterocycles. The number of nitrogens with two attached hydrogens (primary N) is 1. The van der Waals surface area contributed by atoms with Crippen molar-refractivity contribution < 1.29 is 4.74 Å². The zero-order valence-corrected chi connectivity index (χ0v) is 10.2. The number of nitrogen functional groups attached to an aromatic ring is 1. The van der Waals surface area contributed by atoms with Gasteiger partial charge in [-0.2, -0.15) is 4.98 Å². The minimum atomic E-state index is 0.182. The van der Waals surface area contributed by atoms with Gasteiger partial charge in [-0.15, -0.1) is 0 Å². The van der Waals surface area contributed by atoms with Crippen LogP contribution in [0, 0.1) is 0 Å². The lowest BCUT2D eigenvalue weighted by Gasteiger charge is -2.08. The highest BCUT2D eigenvalue weighted by Gasteiger charge is 2.07. The van der Waals surface area contributed by atoms with Crippen LogP contribution < -0.4 is 10.5 Å². The molecule has 1 aromatic carbocycles. The molecule has 17 heavy (non-hydrogen) atoms. The maximum atomic E-state index is 5.86. The third kappa shape index (κ3) is 2.99. The standard InChI is InChI=1S/C11H9Cl2N3O/c12-8-3-1-2-7(4-8)5-17-11-9(14)10(13)15-6-16-11/h1-4,6H,5,14H2. The summed E-state index contributed by atoms with van der Waals surface area (Å²) >= 11 is 11.6. The van der Waals surface area contributed by atoms with Crippen LogP contribution in [-0.4, -0.2) is 9.97 Å². The molecule has 0 amide bonds. The summed E-state index contributed by atoms with van der Waals surface area (Å²) in [4.78, 5) is 7.64. The third-order valence-electron chi connectivity index (χ3n) is 2.06. The van der Waals surface area contributed by atoms with Gasteiger partial charge in [-0.25, -0.2) is 4.98 Å². The zero-order valence-electron chi connectivity index (χ0n) is 8.73. The zero-order chi connectivity index (χ0) is 12.3. The quantitative estimate of drug-likeness (QED) is 0.871. The van der Waals surface area contributed by atoms with Crippen molar-refractivity contribution >= 4 is 28.9 Å². The highest BCUT2D eigenvalue weighted by molar-refractivity contribution is 6.32. The van der Waals surface area contributed by atoms with Gasteiger partial charge in [0.1, 0.15) is 18.6 Å². The van der Waals surface area contributed by atoms with E-state index in [1.165, 1.54) is 6.33 Å². The van der Waals surface area contributed by atoms with Gasteiger partial charge in [0.2, 0.25) is 5.88 Å². The molecule has 0 aliphatic rings. The first-order valence-electron chi connectivity index (χ1n) is 4.80. The lowest BCUT2D eigenvalue weighted by atomic mass is 10.2. The monoisotopic (exact) mass is 269 g/mol. The van der Waals surface area contributed by atoms with E-state index in [0.717, 1.165) is 5.56 Å². The highest BCUT2D eigenvalue weighted by atomic mass is 35.5. The smallest absolute Gasteiger partial charge is 0.242 e. The largest absolute Gasteiger partial charge is 0.471 e. The number of halogens is 2. The van der Waals surface area contributed by atoms with E-state index in [9.17, 15) is 0 Å². The molecule has 0 atom stereocenters. The Labute approximate surface area is 108 Å². The number of ether oxygens (including phenoxy) is 1. The van der Waals surface area contributed by atoms with Crippen molar-refractivity contribution in [2.75, 3.05) is 5.73 Å². The fourth-order valence-corrected chi connectivity index (χ4v) is 1.59. The van der Waals surface area contributed by atoms with Gasteiger partial charge in [0.05, 0.1) is 0 Å². The van der Waals surface area contributed by atoms with Gasteiger partial charge < -0.3 is 10.5 Å². The van der Waals surface area contributed by atoms with Crippen LogP contribution in [0.25, 0.3) is 0 Å². The van der Waals surface area contributed by atoms with Crippen LogP contribution in [0.1, 0.15) is 5.56 Å². The van der Waals surface area contributed by atoms with Crippen molar-refractivity contribution in [1.82, 2.24) is 9.97 Å². The van der Waals surface area contributed by atoms with Crippen molar-refractivity contribution in [3.8, 4) is 5.88 Å². The van der Waals surface area contributed by atoms with Crippen LogP contribution in [0.2, 0.25) is 10.2 Å². The van der Waals surface area contributed by atoms with Crippen LogP contribution >= 0.6 is 23.2 Å². The molecule has 0 aliphatic carbocycles. The predicted octanol–water partition coefficient (Wildman–Crippen LogP) is 2.94. The molecule has 0 spiro atoms. The van der Waals surface area contributed by atoms with Gasteiger partial charge >= 0.3 is 0 Å². The Hall–Kier alpha value is -1.52. The van der Waals surface area contributed by atoms with Gasteiger partial charge in [-0.05, 0) is 17.7 Å². The van der Waals surface area contributed by atoms with Crippen molar-refractivity contribution in [3.63, 3.8) is 0 Å². The Balaban J connectivity index is 2.10. The molecule has 1 aromatic heterocycles. The first kappa shape index (κ1) is 12.0. The van der Waals surface area contributed by atoms with Crippen molar-refractivity contribution in [1.29, 1.82) is 0 Å². The van der Waals surface area contributed by atoms with Crippen LogP contribution in [0.15, 0.2) is 30.6 Å². The molecule has 0 bridgehead atoms. The Bertz CT molecular complexity index is 534. The summed E-state index contributed by atoms with van der Waals surface area (Å²) in [6, 6.07) is 7.34. The number of rotatable bonds is 3. The van der Waals surface area contributed by atoms with Gasteiger partial charge in [-0.3, -0.25) is 0 Å². The topological polar surface area (TPSA) is 61.0 Å². The lowest BCUT2D eigenvalue weighted by molar-refractivity contribution is 0.295. The summed E-state index contributed by atoms with van der Waals surface area (Å²) in [6.45, 7) is 0.318. The van der Waals surface area contributed by atoms with Crippen molar-refractivity contribution in [2.24, 2.45) is 0 Å². The van der Waals surface area contributed by atoms with Crippen molar-refractivity contribution in [3.05, 3.63) is 46.3 Å². The lowest BCUT2D eigenvalue weighted by Crippen LogP contribution is -2.02. The minimum Gasteiger partial charge on any atom is -0.471 e. The van der Waals surface area contributed by atoms with Crippen LogP contribution in [-0.2, 0) is 6.61 Å². The first-order valence-corrected chi connectivity index (χ1v) is 5.55. The number of benzene rings is 1. The second kappa shape index (κ2) is 5.21. The number of hydrogen-bond donors (Lipinski definition) is 1. The minimum absolute atomic E-state index is 0.182. The highest BCUT2D eigenvalue weighted by Crippen LogP contribution is 2.25. The van der Waals surface area contributed by atoms with E-state index in [0.29, 0.717) is 11.6 Å². The molecule has 2 aromatic rings. The van der Waals surface area contributed by atoms with E-state index in [4.69, 9.17) is 33.7 Å². The van der Waals surface area contributed by atoms with E-state index in [1.54, 1.807) is 12.1 Å². The molecule has 0 fully saturated rings. The molecule has 2 rings (SSSR count). The number of hydrogen-bond acceptors (Lipinski definition) is 4. The number of aromatic nitrogens is 2. The van der Waals surface area contributed by atoms with Crippen LogP contribution in [0.5, 0.6) is 5.88 Å². The average Bonchev–Trinajstić information content (AvgIpc) is 2.31. The third-order valence-corrected chi connectivity index (χ3v) is 2.60. The summed E-state index contributed by atoms with van der Waals surface area (Å²) in [5.74, 6) is 0.268. The van der Waals surface area contributed by atoms with Crippen molar-refractivity contribution in [2.45, 2.75) is 6.61 Å². The Morgan fingerprint density at radius 3 is 2.82 bits per heavy atom. The fraction of sp³-hybridized carbons (Fsp3) is 0.0909. The second-order valence-electron chi connectivity index (χ2n) is 3.30. The van der Waals surface area contributed by atoms with Gasteiger partial charge in [0, 0.05) is 5.02 Å². The first-order chi connectivity index (χ1) is 8.16. The summed E-state index contributed by atoms with van der Waals surface area (Å²) < 4.78 is 5.44. The van der Waals surface area contributed by atoms with E-state index < -0.39 is 0 Å². The van der Waals surface area contributed by atoms with Gasteiger partial charge in [-0.1, -0.05) is 35.3 Å². The Morgan fingerprint density at radius 1 is 1.24 bits per heavy atom. The molecule has 0 saturated heterocycles. The molecular formula is C11H9Cl2N3O. The van der Waals surface area contributed by atoms with E-state index in [2.05, 4.69) is 9.97 Å². The molecular weight excluding hydrogens is 261 g/mol. The molecule has 0 saturated carbocycles. The van der Waals surface area contributed by atoms with Crippen LogP contribution in [0.3, 0.4) is 0 Å². The number of nitrogens with zero attached hydrogens (tertiary/aromatic N) is 2. The molecule has 0 unspecified atom stereocenters. The average molecular weight is 270 g/mol. The normalized spacial score (nSPS) is 10.2. The Kier molecular flexibility index (Phi) is 3.66. The Morgan fingerprint density at radius 2 is 2.06 bits per heavy atom. The molecule has 0 aliphatic heterocycles. The summed E-state index contributed by atoms with van der Waals surface area (Å²) in [5.41, 5.74) is 6.82. The summed E-state index contributed by atoms with van der Waals surface area (Å²) in [5, 5.41) is 0.834. The molecule has 2 N–H and O–H groups in total. The molecule has 4 nitrogen and oxygen atoms in total. The summed E-state index contributed by atoms with van der Waals surface area (Å²) in [6.07, 6.45) is 1.30. The summed E-state index contributed by atoms with van der Waals surface area (Å²) in [7, 11) is 0. The second-order valence-corrected chi connectivity index (χ2v) is 4.10. The van der Waals surface area contributed by atoms with Gasteiger partial charge in [0.15, 0.2) is 5.15 Å². The SMILES string of the molecule is Nc1c(Cl)ncnc1OCc1cccc(Cl)c1. The molecule has 88 valence electrons. The molecule has 0 radical (unpaired) electrons. The van der Waals surface area contributed by atoms with Crippen LogP contribution in [0.4, 0.5) is 5.69 Å².